The van der Waals surface area contributed by atoms with Crippen molar-refractivity contribution in [2.75, 3.05) is 19.8 Å². The number of likely N-dealkylation sites (N-methyl/N-ethyl adjacent to an activating group) is 1. The first-order chi connectivity index (χ1) is 13.2. The number of aliphatic hydroxyl groups excluding tert-OH is 2. The number of hydrogen-bond acceptors (Lipinski definition) is 8. The topological polar surface area (TPSA) is 111 Å². The minimum atomic E-state index is -1.38. The van der Waals surface area contributed by atoms with E-state index in [1.54, 1.807) is 13.2 Å². The maximum Gasteiger partial charge on any atom is 0.237 e. The van der Waals surface area contributed by atoms with E-state index < -0.39 is 41.2 Å². The van der Waals surface area contributed by atoms with Crippen LogP contribution in [0.15, 0.2) is 5.18 Å². The highest BCUT2D eigenvalue weighted by atomic mass is 35.5. The first kappa shape index (κ1) is 23.8. The summed E-state index contributed by atoms with van der Waals surface area (Å²) in [5.74, 6) is 0.305. The van der Waals surface area contributed by atoms with Gasteiger partial charge in [0.1, 0.15) is 29.8 Å². The maximum atomic E-state index is 13.0. The van der Waals surface area contributed by atoms with Crippen LogP contribution in [0.1, 0.15) is 33.1 Å². The summed E-state index contributed by atoms with van der Waals surface area (Å²) in [5, 5.41) is 25.8. The number of carbonyl (C=O) groups is 1. The van der Waals surface area contributed by atoms with E-state index in [2.05, 4.69) is 17.4 Å². The maximum absolute atomic E-state index is 13.0. The van der Waals surface area contributed by atoms with Gasteiger partial charge in [-0.2, -0.15) is 4.91 Å². The number of ether oxygens (including phenoxy) is 1. The van der Waals surface area contributed by atoms with Gasteiger partial charge < -0.3 is 20.3 Å². The number of rotatable bonds is 8. The summed E-state index contributed by atoms with van der Waals surface area (Å²) in [7, 11) is 1.93. The lowest BCUT2D eigenvalue weighted by Gasteiger charge is -2.43. The Kier molecular flexibility index (Phi) is 8.97. The number of nitrogens with one attached hydrogen (secondary N) is 1. The molecule has 7 unspecified atom stereocenters. The molecule has 0 aliphatic carbocycles. The smallest absolute Gasteiger partial charge is 0.237 e. The molecule has 9 atom stereocenters. The number of hydrogen-bond donors (Lipinski definition) is 3. The van der Waals surface area contributed by atoms with Crippen molar-refractivity contribution in [2.24, 2.45) is 11.1 Å². The van der Waals surface area contributed by atoms with E-state index in [1.807, 2.05) is 11.9 Å². The molecule has 0 saturated carbocycles. The third-order valence-corrected chi connectivity index (χ3v) is 6.88. The molecule has 8 nitrogen and oxygen atoms in total. The Labute approximate surface area is 175 Å². The number of nitrogens with zero attached hydrogens (tertiary/aromatic N) is 2. The largest absolute Gasteiger partial charge is 0.388 e. The van der Waals surface area contributed by atoms with Crippen molar-refractivity contribution in [3.63, 3.8) is 0 Å². The van der Waals surface area contributed by atoms with Crippen molar-refractivity contribution in [3.8, 4) is 0 Å². The summed E-state index contributed by atoms with van der Waals surface area (Å²) in [6.07, 6.45) is 1.10. The van der Waals surface area contributed by atoms with Gasteiger partial charge >= 0.3 is 0 Å². The number of carbonyl (C=O) groups excluding carboxylic acids is 1. The number of thioether (sulfide) groups is 1. The number of aliphatic hydroxyl groups is 2. The molecular weight excluding hydrogens is 406 g/mol. The van der Waals surface area contributed by atoms with Gasteiger partial charge in [-0.05, 0) is 39.0 Å². The average molecular weight is 438 g/mol. The lowest BCUT2D eigenvalue weighted by Crippen LogP contribution is -2.64. The van der Waals surface area contributed by atoms with Crippen LogP contribution in [0.5, 0.6) is 0 Å². The molecule has 10 heteroatoms. The molecule has 2 rings (SSSR count). The van der Waals surface area contributed by atoms with Crippen LogP contribution >= 0.6 is 23.4 Å². The molecule has 2 aliphatic rings. The predicted octanol–water partition coefficient (Wildman–Crippen LogP) is 1.16. The van der Waals surface area contributed by atoms with E-state index in [0.717, 1.165) is 25.8 Å². The molecule has 0 radical (unpaired) electrons. The van der Waals surface area contributed by atoms with Gasteiger partial charge in [-0.1, -0.05) is 18.5 Å². The van der Waals surface area contributed by atoms with Crippen molar-refractivity contribution >= 4 is 29.3 Å². The number of halogens is 1. The van der Waals surface area contributed by atoms with E-state index in [-0.39, 0.29) is 11.9 Å². The minimum absolute atomic E-state index is 0.173. The number of nitroso groups, excluding NO2 is 1. The van der Waals surface area contributed by atoms with Crippen LogP contribution in [0.2, 0.25) is 0 Å². The molecule has 162 valence electrons. The van der Waals surface area contributed by atoms with Gasteiger partial charge in [0.05, 0.1) is 17.5 Å². The lowest BCUT2D eigenvalue weighted by atomic mass is 9.91. The Morgan fingerprint density at radius 1 is 1.43 bits per heavy atom. The van der Waals surface area contributed by atoms with E-state index in [9.17, 15) is 19.9 Å². The van der Waals surface area contributed by atoms with Gasteiger partial charge in [-0.25, -0.2) is 0 Å². The second-order valence-corrected chi connectivity index (χ2v) is 9.46. The van der Waals surface area contributed by atoms with Crippen LogP contribution in [0.3, 0.4) is 0 Å². The van der Waals surface area contributed by atoms with E-state index in [1.165, 1.54) is 11.8 Å². The summed E-state index contributed by atoms with van der Waals surface area (Å²) >= 11 is 7.55. The molecule has 2 aliphatic heterocycles. The predicted molar refractivity (Wildman–Crippen MR) is 110 cm³/mol. The summed E-state index contributed by atoms with van der Waals surface area (Å²) < 4.78 is 5.84. The highest BCUT2D eigenvalue weighted by Crippen LogP contribution is 2.32. The third-order valence-electron chi connectivity index (χ3n) is 5.75. The average Bonchev–Trinajstić information content (AvgIpc) is 3.02. The van der Waals surface area contributed by atoms with Crippen LogP contribution < -0.4 is 5.32 Å². The molecule has 2 saturated heterocycles. The Bertz CT molecular complexity index is 543. The Morgan fingerprint density at radius 2 is 2.11 bits per heavy atom. The molecule has 0 aromatic heterocycles. The fourth-order valence-corrected chi connectivity index (χ4v) is 5.12. The van der Waals surface area contributed by atoms with Gasteiger partial charge in [0.2, 0.25) is 5.91 Å². The van der Waals surface area contributed by atoms with E-state index >= 15 is 0 Å². The minimum Gasteiger partial charge on any atom is -0.388 e. The molecule has 1 amide bonds. The number of amides is 1. The van der Waals surface area contributed by atoms with Crippen LogP contribution in [-0.2, 0) is 9.53 Å². The normalized spacial score (nSPS) is 38.8. The molecule has 0 aromatic rings. The van der Waals surface area contributed by atoms with Crippen LogP contribution in [-0.4, -0.2) is 88.1 Å². The molecule has 0 spiro atoms. The Morgan fingerprint density at radius 3 is 2.64 bits per heavy atom. The molecule has 3 N–H and O–H groups in total. The van der Waals surface area contributed by atoms with Gasteiger partial charge in [-0.15, -0.1) is 23.4 Å². The van der Waals surface area contributed by atoms with Crippen LogP contribution in [0.25, 0.3) is 0 Å². The first-order valence-corrected chi connectivity index (χ1v) is 11.5. The molecule has 2 fully saturated rings. The highest BCUT2D eigenvalue weighted by Gasteiger charge is 2.50. The van der Waals surface area contributed by atoms with Gasteiger partial charge in [-0.3, -0.25) is 9.69 Å². The second kappa shape index (κ2) is 10.5. The Balaban J connectivity index is 2.15. The van der Waals surface area contributed by atoms with Gasteiger partial charge in [0.25, 0.3) is 0 Å². The molecule has 0 bridgehead atoms. The zero-order valence-electron chi connectivity index (χ0n) is 16.8. The van der Waals surface area contributed by atoms with Gasteiger partial charge in [0.15, 0.2) is 0 Å². The van der Waals surface area contributed by atoms with Crippen molar-refractivity contribution in [1.82, 2.24) is 10.2 Å². The first-order valence-electron chi connectivity index (χ1n) is 9.76. The third kappa shape index (κ3) is 5.17. The zero-order valence-corrected chi connectivity index (χ0v) is 18.4. The quantitative estimate of drug-likeness (QED) is 0.386. The summed E-state index contributed by atoms with van der Waals surface area (Å²) in [4.78, 5) is 26.4. The molecule has 0 aromatic carbocycles. The standard InChI is InChI=1S/C18H32ClN3O5S/c1-5-6-10-7-11(22(3)8-10)17(25)20-12(9(2)19)16-13(21-26)14(23)15(24)18(27-16)28-4/h9-16,18,23-24H,5-8H2,1-4H3,(H,20,25)/t9?,10-,11+,12?,13?,14?,15?,16?,18?/m1/s1. The molecule has 2 heterocycles. The molecular formula is C18H32ClN3O5S. The fraction of sp³-hybridized carbons (Fsp3) is 0.944. The summed E-state index contributed by atoms with van der Waals surface area (Å²) in [6, 6.07) is -2.22. The SMILES string of the molecule is CCC[C@@H]1C[C@@H](C(=O)NC(C(C)Cl)C2OC(SC)C(O)C(O)C2N=O)N(C)C1. The number of likely N-dealkylation sites (tertiary alicyclic amines) is 1. The fourth-order valence-electron chi connectivity index (χ4n) is 4.24. The van der Waals surface area contributed by atoms with Crippen LogP contribution in [0.4, 0.5) is 0 Å². The van der Waals surface area contributed by atoms with Gasteiger partial charge in [0, 0.05) is 6.54 Å². The summed E-state index contributed by atoms with van der Waals surface area (Å²) in [6.45, 7) is 4.69. The van der Waals surface area contributed by atoms with Crippen molar-refractivity contribution in [1.29, 1.82) is 0 Å². The molecule has 28 heavy (non-hydrogen) atoms. The highest BCUT2D eigenvalue weighted by molar-refractivity contribution is 7.99. The van der Waals surface area contributed by atoms with Crippen molar-refractivity contribution in [3.05, 3.63) is 4.91 Å². The second-order valence-electron chi connectivity index (χ2n) is 7.84. The van der Waals surface area contributed by atoms with Crippen LogP contribution in [0, 0.1) is 10.8 Å². The van der Waals surface area contributed by atoms with E-state index in [0.29, 0.717) is 5.92 Å². The Hall–Kier alpha value is -0.450. The monoisotopic (exact) mass is 437 g/mol. The van der Waals surface area contributed by atoms with E-state index in [4.69, 9.17) is 16.3 Å². The van der Waals surface area contributed by atoms with Crippen molar-refractivity contribution < 1.29 is 19.7 Å². The number of alkyl halides is 1. The summed E-state index contributed by atoms with van der Waals surface area (Å²) in [5.41, 5.74) is -0.740. The zero-order chi connectivity index (χ0) is 21.0. The lowest BCUT2D eigenvalue weighted by molar-refractivity contribution is -0.157. The van der Waals surface area contributed by atoms with Crippen molar-refractivity contribution in [2.45, 2.75) is 80.4 Å².